The van der Waals surface area contributed by atoms with Crippen LogP contribution in [0.1, 0.15) is 31.7 Å². The van der Waals surface area contributed by atoms with E-state index in [9.17, 15) is 22.8 Å². The molecular formula is C18H20F3N3O3. The minimum absolute atomic E-state index is 0.0752. The normalized spacial score (nSPS) is 19.5. The van der Waals surface area contributed by atoms with Crippen LogP contribution in [0.3, 0.4) is 0 Å². The molecule has 4 rings (SSSR count). The predicted molar refractivity (Wildman–Crippen MR) is 90.9 cm³/mol. The Labute approximate surface area is 153 Å². The third-order valence-electron chi connectivity index (χ3n) is 5.24. The van der Waals surface area contributed by atoms with Crippen LogP contribution in [-0.2, 0) is 16.2 Å². The van der Waals surface area contributed by atoms with E-state index in [1.807, 2.05) is 28.8 Å². The summed E-state index contributed by atoms with van der Waals surface area (Å²) in [5.74, 6) is -1.66. The molecule has 146 valence electrons. The average Bonchev–Trinajstić information content (AvgIpc) is 3.40. The largest absolute Gasteiger partial charge is 0.492 e. The highest BCUT2D eigenvalue weighted by Gasteiger charge is 2.43. The van der Waals surface area contributed by atoms with Gasteiger partial charge < -0.3 is 4.84 Å². The number of hydrogen-bond donors (Lipinski definition) is 0. The molecule has 0 spiro atoms. The van der Waals surface area contributed by atoms with E-state index in [-0.39, 0.29) is 24.8 Å². The first-order valence-corrected chi connectivity index (χ1v) is 9.08. The van der Waals surface area contributed by atoms with Crippen molar-refractivity contribution in [3.63, 3.8) is 0 Å². The highest BCUT2D eigenvalue weighted by atomic mass is 19.4. The molecule has 0 amide bonds. The number of benzene rings is 1. The molecule has 0 atom stereocenters. The summed E-state index contributed by atoms with van der Waals surface area (Å²) < 4.78 is 40.6. The zero-order chi connectivity index (χ0) is 19.2. The number of nitrogens with zero attached hydrogens (tertiary/aromatic N) is 3. The van der Waals surface area contributed by atoms with Gasteiger partial charge in [0.15, 0.2) is 0 Å². The summed E-state index contributed by atoms with van der Waals surface area (Å²) in [6.45, 7) is 1.01. The Morgan fingerprint density at radius 3 is 2.30 bits per heavy atom. The standard InChI is InChI=1S/C18H20F3N3O3/c19-18(20,21)16(25)27-22-9-7-13(8-10-22)24-15-4-2-1-3-14(15)23(17(24)26)11-12-5-6-12/h1-4,12-13H,5-11H2. The summed E-state index contributed by atoms with van der Waals surface area (Å²) >= 11 is 0. The molecule has 2 heterocycles. The maximum atomic E-state index is 13.0. The third-order valence-corrected chi connectivity index (χ3v) is 5.24. The number of imidazole rings is 1. The lowest BCUT2D eigenvalue weighted by Crippen LogP contribution is -2.41. The van der Waals surface area contributed by atoms with Crippen molar-refractivity contribution in [2.24, 2.45) is 5.92 Å². The first kappa shape index (κ1) is 18.1. The fraction of sp³-hybridized carbons (Fsp3) is 0.556. The van der Waals surface area contributed by atoms with Gasteiger partial charge in [0, 0.05) is 25.7 Å². The van der Waals surface area contributed by atoms with Crippen LogP contribution < -0.4 is 5.69 Å². The van der Waals surface area contributed by atoms with Gasteiger partial charge in [-0.2, -0.15) is 13.2 Å². The van der Waals surface area contributed by atoms with E-state index in [2.05, 4.69) is 4.84 Å². The number of halogens is 3. The van der Waals surface area contributed by atoms with Crippen molar-refractivity contribution in [2.75, 3.05) is 13.1 Å². The highest BCUT2D eigenvalue weighted by Crippen LogP contribution is 2.32. The highest BCUT2D eigenvalue weighted by molar-refractivity contribution is 5.76. The van der Waals surface area contributed by atoms with E-state index in [0.717, 1.165) is 28.9 Å². The SMILES string of the molecule is O=C(ON1CCC(n2c(=O)n(CC3CC3)c3ccccc32)CC1)C(F)(F)F. The molecule has 0 radical (unpaired) electrons. The number of carbonyl (C=O) groups is 1. The lowest BCUT2D eigenvalue weighted by atomic mass is 10.1. The lowest BCUT2D eigenvalue weighted by molar-refractivity contribution is -0.242. The molecule has 0 bridgehead atoms. The fourth-order valence-electron chi connectivity index (χ4n) is 3.68. The maximum Gasteiger partial charge on any atom is 0.492 e. The second kappa shape index (κ2) is 6.70. The van der Waals surface area contributed by atoms with E-state index in [4.69, 9.17) is 0 Å². The van der Waals surface area contributed by atoms with Crippen molar-refractivity contribution < 1.29 is 22.8 Å². The second-order valence-corrected chi connectivity index (χ2v) is 7.23. The number of alkyl halides is 3. The minimum atomic E-state index is -5.01. The number of para-hydroxylation sites is 2. The third kappa shape index (κ3) is 3.60. The molecule has 27 heavy (non-hydrogen) atoms. The van der Waals surface area contributed by atoms with Crippen molar-refractivity contribution in [3.8, 4) is 0 Å². The molecular weight excluding hydrogens is 363 g/mol. The Hall–Kier alpha value is -2.29. The Balaban J connectivity index is 1.53. The summed E-state index contributed by atoms with van der Waals surface area (Å²) in [7, 11) is 0. The Bertz CT molecular complexity index is 906. The summed E-state index contributed by atoms with van der Waals surface area (Å²) in [6, 6.07) is 7.46. The summed E-state index contributed by atoms with van der Waals surface area (Å²) in [4.78, 5) is 28.4. The molecule has 6 nitrogen and oxygen atoms in total. The van der Waals surface area contributed by atoms with E-state index >= 15 is 0 Å². The number of hydroxylamine groups is 2. The molecule has 9 heteroatoms. The van der Waals surface area contributed by atoms with Gasteiger partial charge in [0.05, 0.1) is 11.0 Å². The van der Waals surface area contributed by atoms with Gasteiger partial charge >= 0.3 is 17.8 Å². The zero-order valence-corrected chi connectivity index (χ0v) is 14.6. The van der Waals surface area contributed by atoms with Crippen LogP contribution in [-0.4, -0.2) is 39.4 Å². The fourth-order valence-corrected chi connectivity index (χ4v) is 3.68. The molecule has 1 aromatic carbocycles. The lowest BCUT2D eigenvalue weighted by Gasteiger charge is -2.31. The maximum absolute atomic E-state index is 13.0. The smallest absolute Gasteiger partial charge is 0.361 e. The number of piperidine rings is 1. The van der Waals surface area contributed by atoms with Crippen LogP contribution in [0, 0.1) is 5.92 Å². The van der Waals surface area contributed by atoms with Crippen LogP contribution in [0.2, 0.25) is 0 Å². The van der Waals surface area contributed by atoms with Crippen molar-refractivity contribution in [1.82, 2.24) is 14.2 Å². The minimum Gasteiger partial charge on any atom is -0.361 e. The Morgan fingerprint density at radius 1 is 1.07 bits per heavy atom. The van der Waals surface area contributed by atoms with Crippen LogP contribution in [0.25, 0.3) is 11.0 Å². The van der Waals surface area contributed by atoms with Gasteiger partial charge in [0.1, 0.15) is 0 Å². The quantitative estimate of drug-likeness (QED) is 0.815. The van der Waals surface area contributed by atoms with Gasteiger partial charge in [-0.1, -0.05) is 12.1 Å². The van der Waals surface area contributed by atoms with Crippen LogP contribution in [0.15, 0.2) is 29.1 Å². The number of aromatic nitrogens is 2. The predicted octanol–water partition coefficient (Wildman–Crippen LogP) is 2.87. The van der Waals surface area contributed by atoms with Crippen molar-refractivity contribution >= 4 is 17.0 Å². The van der Waals surface area contributed by atoms with Gasteiger partial charge in [0.25, 0.3) is 0 Å². The summed E-state index contributed by atoms with van der Waals surface area (Å²) in [5, 5.41) is 1.03. The summed E-state index contributed by atoms with van der Waals surface area (Å²) in [6.07, 6.45) is -1.88. The first-order valence-electron chi connectivity index (χ1n) is 9.08. The van der Waals surface area contributed by atoms with E-state index < -0.39 is 12.1 Å². The van der Waals surface area contributed by atoms with Gasteiger partial charge in [-0.25, -0.2) is 9.59 Å². The molecule has 2 fully saturated rings. The van der Waals surface area contributed by atoms with E-state index in [0.29, 0.717) is 25.3 Å². The summed E-state index contributed by atoms with van der Waals surface area (Å²) in [5.41, 5.74) is 1.66. The molecule has 2 aliphatic rings. The van der Waals surface area contributed by atoms with Crippen LogP contribution in [0.4, 0.5) is 13.2 Å². The van der Waals surface area contributed by atoms with Gasteiger partial charge in [0.2, 0.25) is 0 Å². The van der Waals surface area contributed by atoms with Gasteiger partial charge in [-0.3, -0.25) is 9.13 Å². The zero-order valence-electron chi connectivity index (χ0n) is 14.6. The molecule has 1 saturated heterocycles. The molecule has 0 N–H and O–H groups in total. The first-order chi connectivity index (χ1) is 12.8. The van der Waals surface area contributed by atoms with Crippen molar-refractivity contribution in [1.29, 1.82) is 0 Å². The van der Waals surface area contributed by atoms with Crippen LogP contribution in [0.5, 0.6) is 0 Å². The molecule has 1 saturated carbocycles. The molecule has 1 aliphatic carbocycles. The molecule has 2 aromatic rings. The van der Waals surface area contributed by atoms with Gasteiger partial charge in [-0.05, 0) is 43.7 Å². The molecule has 0 unspecified atom stereocenters. The van der Waals surface area contributed by atoms with Crippen LogP contribution >= 0.6 is 0 Å². The second-order valence-electron chi connectivity index (χ2n) is 7.23. The van der Waals surface area contributed by atoms with E-state index in [1.165, 1.54) is 0 Å². The Kier molecular flexibility index (Phi) is 4.49. The number of rotatable bonds is 4. The van der Waals surface area contributed by atoms with E-state index in [1.54, 1.807) is 4.57 Å². The molecule has 1 aliphatic heterocycles. The number of fused-ring (bicyclic) bond motifs is 1. The Morgan fingerprint density at radius 2 is 1.70 bits per heavy atom. The van der Waals surface area contributed by atoms with Crippen molar-refractivity contribution in [2.45, 2.75) is 44.4 Å². The number of carbonyl (C=O) groups excluding carboxylic acids is 1. The van der Waals surface area contributed by atoms with Gasteiger partial charge in [-0.15, -0.1) is 5.06 Å². The molecule has 1 aromatic heterocycles. The monoisotopic (exact) mass is 383 g/mol. The topological polar surface area (TPSA) is 56.5 Å². The average molecular weight is 383 g/mol. The number of hydrogen-bond acceptors (Lipinski definition) is 4. The van der Waals surface area contributed by atoms with Crippen molar-refractivity contribution in [3.05, 3.63) is 34.7 Å².